The van der Waals surface area contributed by atoms with E-state index in [1.165, 1.54) is 7.11 Å². The molecular weight excluding hydrogens is 443 g/mol. The molecule has 0 spiro atoms. The lowest BCUT2D eigenvalue weighted by Gasteiger charge is -2.32. The summed E-state index contributed by atoms with van der Waals surface area (Å²) in [5.74, 6) is -0.650. The normalized spacial score (nSPS) is 15.8. The molecule has 1 fully saturated rings. The van der Waals surface area contributed by atoms with Crippen LogP contribution in [0.1, 0.15) is 23.2 Å². The number of methoxy groups -OCH3 is 1. The Morgan fingerprint density at radius 3 is 2.52 bits per heavy atom. The summed E-state index contributed by atoms with van der Waals surface area (Å²) in [6.45, 7) is 0.716. The second-order valence-corrected chi connectivity index (χ2v) is 7.91. The highest BCUT2D eigenvalue weighted by Gasteiger charge is 2.29. The molecular formula is C22H22Cl2N2O5. The van der Waals surface area contributed by atoms with Gasteiger partial charge < -0.3 is 19.7 Å². The number of nitrogens with zero attached hydrogens (tertiary/aromatic N) is 1. The van der Waals surface area contributed by atoms with Crippen LogP contribution in [0.3, 0.4) is 0 Å². The second-order valence-electron chi connectivity index (χ2n) is 7.10. The van der Waals surface area contributed by atoms with Gasteiger partial charge in [0, 0.05) is 24.3 Å². The minimum Gasteiger partial charge on any atom is -0.482 e. The predicted octanol–water partition coefficient (Wildman–Crippen LogP) is 4.04. The number of likely N-dealkylation sites (tertiary alicyclic amines) is 1. The van der Waals surface area contributed by atoms with Crippen molar-refractivity contribution in [3.8, 4) is 5.75 Å². The zero-order valence-corrected chi connectivity index (χ0v) is 18.4. The predicted molar refractivity (Wildman–Crippen MR) is 118 cm³/mol. The summed E-state index contributed by atoms with van der Waals surface area (Å²) in [5.41, 5.74) is 1.04. The number of carbonyl (C=O) groups is 3. The first-order valence-electron chi connectivity index (χ1n) is 9.72. The molecule has 7 nitrogen and oxygen atoms in total. The van der Waals surface area contributed by atoms with E-state index in [4.69, 9.17) is 27.9 Å². The maximum atomic E-state index is 12.8. The van der Waals surface area contributed by atoms with E-state index in [-0.39, 0.29) is 24.3 Å². The number of rotatable bonds is 6. The summed E-state index contributed by atoms with van der Waals surface area (Å²) in [7, 11) is 1.29. The molecule has 1 N–H and O–H groups in total. The summed E-state index contributed by atoms with van der Waals surface area (Å²) in [5, 5.41) is 3.57. The molecule has 3 rings (SSSR count). The first-order chi connectivity index (χ1) is 14.9. The first kappa shape index (κ1) is 22.9. The number of piperidine rings is 1. The van der Waals surface area contributed by atoms with Crippen molar-refractivity contribution in [1.29, 1.82) is 0 Å². The largest absolute Gasteiger partial charge is 0.482 e. The molecule has 164 valence electrons. The molecule has 0 saturated carbocycles. The summed E-state index contributed by atoms with van der Waals surface area (Å²) in [6, 6.07) is 11.4. The maximum Gasteiger partial charge on any atom is 0.343 e. The molecule has 1 atom stereocenters. The third-order valence-electron chi connectivity index (χ3n) is 4.95. The van der Waals surface area contributed by atoms with Crippen LogP contribution in [-0.2, 0) is 14.3 Å². The highest BCUT2D eigenvalue weighted by atomic mass is 35.5. The minimum atomic E-state index is -0.477. The lowest BCUT2D eigenvalue weighted by atomic mass is 9.96. The smallest absolute Gasteiger partial charge is 0.343 e. The zero-order chi connectivity index (χ0) is 22.4. The molecule has 1 unspecified atom stereocenters. The van der Waals surface area contributed by atoms with E-state index in [0.717, 1.165) is 6.42 Å². The molecule has 31 heavy (non-hydrogen) atoms. The van der Waals surface area contributed by atoms with Gasteiger partial charge in [-0.05, 0) is 55.3 Å². The van der Waals surface area contributed by atoms with Crippen LogP contribution in [0.15, 0.2) is 42.5 Å². The number of nitrogens with one attached hydrogen (secondary N) is 1. The van der Waals surface area contributed by atoms with E-state index in [2.05, 4.69) is 10.1 Å². The summed E-state index contributed by atoms with van der Waals surface area (Å²) >= 11 is 11.9. The van der Waals surface area contributed by atoms with E-state index < -0.39 is 5.97 Å². The van der Waals surface area contributed by atoms with Gasteiger partial charge in [0.15, 0.2) is 6.61 Å². The number of benzene rings is 2. The SMILES string of the molecule is COC(=O)COc1ccc(NC(=O)C2CCCN(C(=O)c3ccc(Cl)c(Cl)c3)C2)cc1. The average molecular weight is 465 g/mol. The summed E-state index contributed by atoms with van der Waals surface area (Å²) in [6.07, 6.45) is 1.42. The third-order valence-corrected chi connectivity index (χ3v) is 5.69. The number of hydrogen-bond acceptors (Lipinski definition) is 5. The van der Waals surface area contributed by atoms with Crippen LogP contribution in [0.5, 0.6) is 5.75 Å². The van der Waals surface area contributed by atoms with Crippen molar-refractivity contribution in [3.63, 3.8) is 0 Å². The van der Waals surface area contributed by atoms with Crippen molar-refractivity contribution >= 4 is 46.7 Å². The van der Waals surface area contributed by atoms with E-state index in [1.54, 1.807) is 47.4 Å². The quantitative estimate of drug-likeness (QED) is 0.652. The lowest BCUT2D eigenvalue weighted by molar-refractivity contribution is -0.142. The lowest BCUT2D eigenvalue weighted by Crippen LogP contribution is -2.43. The Bertz CT molecular complexity index is 965. The zero-order valence-electron chi connectivity index (χ0n) is 16.9. The van der Waals surface area contributed by atoms with Gasteiger partial charge in [0.2, 0.25) is 5.91 Å². The fourth-order valence-electron chi connectivity index (χ4n) is 3.27. The number of carbonyl (C=O) groups excluding carboxylic acids is 3. The van der Waals surface area contributed by atoms with Crippen LogP contribution in [0.4, 0.5) is 5.69 Å². The van der Waals surface area contributed by atoms with Gasteiger partial charge in [-0.2, -0.15) is 0 Å². The fourth-order valence-corrected chi connectivity index (χ4v) is 3.57. The van der Waals surface area contributed by atoms with E-state index >= 15 is 0 Å². The van der Waals surface area contributed by atoms with Gasteiger partial charge in [0.05, 0.1) is 23.1 Å². The Labute approximate surface area is 190 Å². The molecule has 9 heteroatoms. The van der Waals surface area contributed by atoms with Gasteiger partial charge in [-0.1, -0.05) is 23.2 Å². The van der Waals surface area contributed by atoms with Crippen molar-refractivity contribution in [2.45, 2.75) is 12.8 Å². The van der Waals surface area contributed by atoms with Crippen molar-refractivity contribution < 1.29 is 23.9 Å². The third kappa shape index (κ3) is 6.12. The number of ether oxygens (including phenoxy) is 2. The molecule has 1 heterocycles. The van der Waals surface area contributed by atoms with Crippen molar-refractivity contribution in [3.05, 3.63) is 58.1 Å². The average Bonchev–Trinajstić information content (AvgIpc) is 2.79. The summed E-state index contributed by atoms with van der Waals surface area (Å²) in [4.78, 5) is 38.3. The standard InChI is InChI=1S/C22H22Cl2N2O5/c1-30-20(27)13-31-17-7-5-16(6-8-17)25-21(28)15-3-2-10-26(12-15)22(29)14-4-9-18(23)19(24)11-14/h4-9,11,15H,2-3,10,12-13H2,1H3,(H,25,28). The van der Waals surface area contributed by atoms with Crippen molar-refractivity contribution in [2.75, 3.05) is 32.1 Å². The van der Waals surface area contributed by atoms with E-state index in [9.17, 15) is 14.4 Å². The van der Waals surface area contributed by atoms with Gasteiger partial charge >= 0.3 is 5.97 Å². The maximum absolute atomic E-state index is 12.8. The molecule has 0 radical (unpaired) electrons. The highest BCUT2D eigenvalue weighted by Crippen LogP contribution is 2.25. The van der Waals surface area contributed by atoms with Crippen LogP contribution in [0, 0.1) is 5.92 Å². The fraction of sp³-hybridized carbons (Fsp3) is 0.318. The molecule has 1 aliphatic rings. The Balaban J connectivity index is 1.57. The van der Waals surface area contributed by atoms with Gasteiger partial charge in [0.25, 0.3) is 5.91 Å². The van der Waals surface area contributed by atoms with Crippen molar-refractivity contribution in [1.82, 2.24) is 4.90 Å². The molecule has 1 saturated heterocycles. The van der Waals surface area contributed by atoms with E-state index in [1.807, 2.05) is 0 Å². The molecule has 0 aromatic heterocycles. The number of anilines is 1. The number of hydrogen-bond donors (Lipinski definition) is 1. The van der Waals surface area contributed by atoms with Crippen LogP contribution in [-0.4, -0.2) is 49.5 Å². The molecule has 1 aliphatic heterocycles. The number of halogens is 2. The molecule has 2 aromatic carbocycles. The van der Waals surface area contributed by atoms with E-state index in [0.29, 0.717) is 46.6 Å². The minimum absolute atomic E-state index is 0.158. The van der Waals surface area contributed by atoms with Crippen LogP contribution in [0.25, 0.3) is 0 Å². The second kappa shape index (κ2) is 10.5. The van der Waals surface area contributed by atoms with Gasteiger partial charge in [-0.3, -0.25) is 9.59 Å². The van der Waals surface area contributed by atoms with Gasteiger partial charge in [-0.15, -0.1) is 0 Å². The molecule has 0 bridgehead atoms. The Hall–Kier alpha value is -2.77. The number of esters is 1. The summed E-state index contributed by atoms with van der Waals surface area (Å²) < 4.78 is 9.80. The Morgan fingerprint density at radius 1 is 1.10 bits per heavy atom. The molecule has 2 aromatic rings. The molecule has 0 aliphatic carbocycles. The monoisotopic (exact) mass is 464 g/mol. The number of amides is 2. The van der Waals surface area contributed by atoms with Crippen LogP contribution < -0.4 is 10.1 Å². The Kier molecular flexibility index (Phi) is 7.76. The van der Waals surface area contributed by atoms with Crippen LogP contribution in [0.2, 0.25) is 10.0 Å². The highest BCUT2D eigenvalue weighted by molar-refractivity contribution is 6.42. The topological polar surface area (TPSA) is 84.9 Å². The Morgan fingerprint density at radius 2 is 1.84 bits per heavy atom. The first-order valence-corrected chi connectivity index (χ1v) is 10.5. The van der Waals surface area contributed by atoms with Crippen molar-refractivity contribution in [2.24, 2.45) is 5.92 Å². The van der Waals surface area contributed by atoms with Gasteiger partial charge in [-0.25, -0.2) is 4.79 Å². The van der Waals surface area contributed by atoms with Gasteiger partial charge in [0.1, 0.15) is 5.75 Å². The molecule has 2 amide bonds. The van der Waals surface area contributed by atoms with Crippen LogP contribution >= 0.6 is 23.2 Å².